The number of H-pyrrole nitrogens is 1. The van der Waals surface area contributed by atoms with Gasteiger partial charge in [0.25, 0.3) is 0 Å². The van der Waals surface area contributed by atoms with Crippen molar-refractivity contribution >= 4 is 22.8 Å². The fraction of sp³-hybridized carbons (Fsp3) is 0.474. The highest BCUT2D eigenvalue weighted by molar-refractivity contribution is 5.87. The first-order valence-corrected chi connectivity index (χ1v) is 9.65. The number of piperidine rings is 1. The lowest BCUT2D eigenvalue weighted by Gasteiger charge is -2.47. The Hall–Kier alpha value is -2.94. The largest absolute Gasteiger partial charge is 0.371 e. The molecule has 2 saturated heterocycles. The van der Waals surface area contributed by atoms with Gasteiger partial charge in [-0.1, -0.05) is 0 Å². The van der Waals surface area contributed by atoms with Gasteiger partial charge in [0.15, 0.2) is 0 Å². The zero-order valence-electron chi connectivity index (χ0n) is 15.6. The van der Waals surface area contributed by atoms with Gasteiger partial charge in [-0.25, -0.2) is 9.97 Å². The Labute approximate surface area is 162 Å². The van der Waals surface area contributed by atoms with Crippen LogP contribution in [0.2, 0.25) is 0 Å². The molecule has 0 radical (unpaired) electrons. The summed E-state index contributed by atoms with van der Waals surface area (Å²) in [6.07, 6.45) is 8.66. The van der Waals surface area contributed by atoms with Crippen LogP contribution in [0.4, 0.5) is 5.82 Å². The first-order chi connectivity index (χ1) is 13.7. The quantitative estimate of drug-likeness (QED) is 0.729. The lowest BCUT2D eigenvalue weighted by atomic mass is 9.89. The molecule has 146 valence electrons. The molecule has 0 atom stereocenters. The first-order valence-electron chi connectivity index (χ1n) is 9.65. The maximum Gasteiger partial charge on any atom is 0.244 e. The summed E-state index contributed by atoms with van der Waals surface area (Å²) in [5, 5.41) is 5.16. The molecule has 0 aromatic carbocycles. The van der Waals surface area contributed by atoms with Crippen LogP contribution in [0.1, 0.15) is 12.8 Å². The van der Waals surface area contributed by atoms with Crippen molar-refractivity contribution in [3.05, 3.63) is 37.1 Å². The number of hydrogen-bond acceptors (Lipinski definition) is 6. The number of nitrogens with one attached hydrogen (secondary N) is 1. The Morgan fingerprint density at radius 2 is 2.14 bits per heavy atom. The molecular weight excluding hydrogens is 358 g/mol. The standard InChI is InChI=1S/C19H23N7O2/c27-16(12-26-7-1-5-23-26)24-8-3-19(4-9-24)13-25(10-11-28-19)18-15-2-6-20-17(15)21-14-22-18/h1-2,5-7,14H,3-4,8-13H2,(H,20,21,22). The second kappa shape index (κ2) is 6.90. The second-order valence-electron chi connectivity index (χ2n) is 7.47. The summed E-state index contributed by atoms with van der Waals surface area (Å²) in [5.41, 5.74) is 0.624. The summed E-state index contributed by atoms with van der Waals surface area (Å²) < 4.78 is 7.91. The molecule has 3 aromatic heterocycles. The van der Waals surface area contributed by atoms with E-state index in [2.05, 4.69) is 25.0 Å². The molecule has 2 aliphatic rings. The zero-order valence-corrected chi connectivity index (χ0v) is 15.6. The van der Waals surface area contributed by atoms with Crippen molar-refractivity contribution in [2.75, 3.05) is 37.7 Å². The van der Waals surface area contributed by atoms with Crippen molar-refractivity contribution in [1.82, 2.24) is 29.6 Å². The maximum atomic E-state index is 12.5. The van der Waals surface area contributed by atoms with Crippen LogP contribution in [-0.2, 0) is 16.1 Å². The van der Waals surface area contributed by atoms with E-state index >= 15 is 0 Å². The lowest BCUT2D eigenvalue weighted by molar-refractivity contribution is -0.140. The minimum Gasteiger partial charge on any atom is -0.371 e. The van der Waals surface area contributed by atoms with Crippen molar-refractivity contribution in [2.24, 2.45) is 0 Å². The van der Waals surface area contributed by atoms with Crippen LogP contribution in [0, 0.1) is 0 Å². The van der Waals surface area contributed by atoms with Gasteiger partial charge >= 0.3 is 0 Å². The van der Waals surface area contributed by atoms with Crippen LogP contribution in [0.3, 0.4) is 0 Å². The van der Waals surface area contributed by atoms with Gasteiger partial charge in [-0.15, -0.1) is 0 Å². The Kier molecular flexibility index (Phi) is 4.23. The van der Waals surface area contributed by atoms with Gasteiger partial charge in [-0.3, -0.25) is 9.48 Å². The van der Waals surface area contributed by atoms with E-state index < -0.39 is 0 Å². The molecule has 5 heterocycles. The number of fused-ring (bicyclic) bond motifs is 1. The Bertz CT molecular complexity index is 960. The molecule has 1 amide bonds. The fourth-order valence-corrected chi connectivity index (χ4v) is 4.24. The molecule has 0 saturated carbocycles. The smallest absolute Gasteiger partial charge is 0.244 e. The van der Waals surface area contributed by atoms with Crippen molar-refractivity contribution < 1.29 is 9.53 Å². The highest BCUT2D eigenvalue weighted by atomic mass is 16.5. The SMILES string of the molecule is O=C(Cn1cccn1)N1CCC2(CC1)CN(c1ncnc3[nH]ccc13)CCO2. The third-order valence-electron chi connectivity index (χ3n) is 5.76. The molecule has 0 unspecified atom stereocenters. The van der Waals surface area contributed by atoms with Crippen molar-refractivity contribution in [3.63, 3.8) is 0 Å². The van der Waals surface area contributed by atoms with Gasteiger partial charge in [0.1, 0.15) is 24.3 Å². The summed E-state index contributed by atoms with van der Waals surface area (Å²) >= 11 is 0. The summed E-state index contributed by atoms with van der Waals surface area (Å²) in [5.74, 6) is 1.06. The van der Waals surface area contributed by atoms with E-state index in [4.69, 9.17) is 4.74 Å². The number of carbonyl (C=O) groups is 1. The molecular formula is C19H23N7O2. The Morgan fingerprint density at radius 3 is 2.96 bits per heavy atom. The number of hydrogen-bond donors (Lipinski definition) is 1. The lowest BCUT2D eigenvalue weighted by Crippen LogP contribution is -2.58. The number of aromatic nitrogens is 5. The number of aromatic amines is 1. The van der Waals surface area contributed by atoms with Gasteiger partial charge in [0, 0.05) is 44.8 Å². The maximum absolute atomic E-state index is 12.5. The summed E-state index contributed by atoms with van der Waals surface area (Å²) in [7, 11) is 0. The van der Waals surface area contributed by atoms with Crippen LogP contribution >= 0.6 is 0 Å². The summed E-state index contributed by atoms with van der Waals surface area (Å²) in [4.78, 5) is 28.7. The van der Waals surface area contributed by atoms with Crippen LogP contribution in [0.15, 0.2) is 37.1 Å². The van der Waals surface area contributed by atoms with Crippen molar-refractivity contribution in [1.29, 1.82) is 0 Å². The van der Waals surface area contributed by atoms with Gasteiger partial charge in [-0.05, 0) is 25.0 Å². The number of morpholine rings is 1. The number of carbonyl (C=O) groups excluding carboxylic acids is 1. The minimum atomic E-state index is -0.228. The van der Waals surface area contributed by atoms with E-state index in [0.717, 1.165) is 42.8 Å². The van der Waals surface area contributed by atoms with Gasteiger partial charge in [-0.2, -0.15) is 5.10 Å². The highest BCUT2D eigenvalue weighted by Crippen LogP contribution is 2.33. The van der Waals surface area contributed by atoms with Crippen LogP contribution in [0.5, 0.6) is 0 Å². The number of nitrogens with zero attached hydrogens (tertiary/aromatic N) is 6. The molecule has 9 heteroatoms. The molecule has 2 aliphatic heterocycles. The Morgan fingerprint density at radius 1 is 1.25 bits per heavy atom. The molecule has 28 heavy (non-hydrogen) atoms. The van der Waals surface area contributed by atoms with Gasteiger partial charge in [0.05, 0.1) is 17.6 Å². The van der Waals surface area contributed by atoms with Crippen LogP contribution in [-0.4, -0.2) is 73.9 Å². The van der Waals surface area contributed by atoms with Gasteiger partial charge in [0.2, 0.25) is 5.91 Å². The van der Waals surface area contributed by atoms with Crippen molar-refractivity contribution in [3.8, 4) is 0 Å². The summed E-state index contributed by atoms with van der Waals surface area (Å²) in [6.45, 7) is 3.96. The monoisotopic (exact) mass is 381 g/mol. The average molecular weight is 381 g/mol. The topological polar surface area (TPSA) is 92.2 Å². The molecule has 0 aliphatic carbocycles. The molecule has 9 nitrogen and oxygen atoms in total. The van der Waals surface area contributed by atoms with E-state index in [1.165, 1.54) is 0 Å². The molecule has 3 aromatic rings. The van der Waals surface area contributed by atoms with E-state index in [1.807, 2.05) is 29.4 Å². The predicted octanol–water partition coefficient (Wildman–Crippen LogP) is 1.05. The number of ether oxygens (including phenoxy) is 1. The van der Waals surface area contributed by atoms with E-state index in [1.54, 1.807) is 17.2 Å². The van der Waals surface area contributed by atoms with E-state index in [9.17, 15) is 4.79 Å². The van der Waals surface area contributed by atoms with E-state index in [0.29, 0.717) is 26.2 Å². The fourth-order valence-electron chi connectivity index (χ4n) is 4.24. The number of amides is 1. The molecule has 5 rings (SSSR count). The van der Waals surface area contributed by atoms with E-state index in [-0.39, 0.29) is 11.5 Å². The van der Waals surface area contributed by atoms with Crippen LogP contribution < -0.4 is 4.90 Å². The summed E-state index contributed by atoms with van der Waals surface area (Å²) in [6, 6.07) is 3.85. The number of anilines is 1. The minimum absolute atomic E-state index is 0.107. The first kappa shape index (κ1) is 17.2. The zero-order chi connectivity index (χ0) is 19.0. The third kappa shape index (κ3) is 3.11. The number of likely N-dealkylation sites (tertiary alicyclic amines) is 1. The number of rotatable bonds is 3. The van der Waals surface area contributed by atoms with Crippen LogP contribution in [0.25, 0.3) is 11.0 Å². The Balaban J connectivity index is 1.27. The predicted molar refractivity (Wildman–Crippen MR) is 103 cm³/mol. The molecule has 1 spiro atoms. The van der Waals surface area contributed by atoms with Crippen molar-refractivity contribution in [2.45, 2.75) is 25.0 Å². The highest BCUT2D eigenvalue weighted by Gasteiger charge is 2.41. The molecule has 0 bridgehead atoms. The normalized spacial score (nSPS) is 19.4. The second-order valence-corrected chi connectivity index (χ2v) is 7.47. The third-order valence-corrected chi connectivity index (χ3v) is 5.76. The molecule has 1 N–H and O–H groups in total. The molecule has 2 fully saturated rings. The average Bonchev–Trinajstić information content (AvgIpc) is 3.40. The van der Waals surface area contributed by atoms with Gasteiger partial charge < -0.3 is 19.5 Å².